The molecule has 1 aromatic rings. The molecule has 0 radical (unpaired) electrons. The molecule has 1 unspecified atom stereocenters. The summed E-state index contributed by atoms with van der Waals surface area (Å²) in [6.45, 7) is 2.77. The number of nitrogens with one attached hydrogen (secondary N) is 1. The third kappa shape index (κ3) is 3.35. The van der Waals surface area contributed by atoms with Gasteiger partial charge in [0.1, 0.15) is 12.2 Å². The maximum Gasteiger partial charge on any atom is 0.252 e. The fraction of sp³-hybridized carbons (Fsp3) is 0.500. The van der Waals surface area contributed by atoms with E-state index in [1.807, 2.05) is 18.4 Å². The number of hydrogen-bond donors (Lipinski definition) is 2. The Morgan fingerprint density at radius 3 is 3.21 bits per heavy atom. The first-order valence-corrected chi connectivity index (χ1v) is 7.12. The average molecular weight is 279 g/mol. The van der Waals surface area contributed by atoms with Gasteiger partial charge in [-0.25, -0.2) is 0 Å². The Kier molecular flexibility index (Phi) is 4.59. The standard InChI is InChI=1S/C14H17NO3S/c1-14(6-3-8-18-14)13(17)15-10-12-11(4-2-7-16)5-9-19-12/h5,9,16H,3,6-8,10H2,1H3,(H,15,17). The summed E-state index contributed by atoms with van der Waals surface area (Å²) in [5.41, 5.74) is 0.172. The first-order valence-electron chi connectivity index (χ1n) is 6.24. The number of aliphatic hydroxyl groups is 1. The van der Waals surface area contributed by atoms with Crippen LogP contribution in [0.2, 0.25) is 0 Å². The minimum atomic E-state index is -0.686. The van der Waals surface area contributed by atoms with Crippen LogP contribution in [0.5, 0.6) is 0 Å². The molecule has 1 fully saturated rings. The Bertz CT molecular complexity index is 506. The summed E-state index contributed by atoms with van der Waals surface area (Å²) in [5, 5.41) is 13.5. The van der Waals surface area contributed by atoms with Gasteiger partial charge in [-0.15, -0.1) is 11.3 Å². The van der Waals surface area contributed by atoms with Crippen molar-refractivity contribution in [2.75, 3.05) is 13.2 Å². The molecule has 1 saturated heterocycles. The van der Waals surface area contributed by atoms with Gasteiger partial charge < -0.3 is 15.2 Å². The van der Waals surface area contributed by atoms with Crippen molar-refractivity contribution < 1.29 is 14.6 Å². The molecule has 5 heteroatoms. The second-order valence-corrected chi connectivity index (χ2v) is 5.58. The van der Waals surface area contributed by atoms with Crippen LogP contribution >= 0.6 is 11.3 Å². The van der Waals surface area contributed by atoms with Gasteiger partial charge in [0.15, 0.2) is 0 Å². The second-order valence-electron chi connectivity index (χ2n) is 4.58. The van der Waals surface area contributed by atoms with E-state index in [4.69, 9.17) is 9.84 Å². The number of hydrogen-bond acceptors (Lipinski definition) is 4. The molecule has 1 amide bonds. The molecule has 102 valence electrons. The quantitative estimate of drug-likeness (QED) is 0.819. The molecule has 1 aliphatic heterocycles. The normalized spacial score (nSPS) is 21.8. The van der Waals surface area contributed by atoms with Crippen molar-refractivity contribution in [2.24, 2.45) is 0 Å². The largest absolute Gasteiger partial charge is 0.384 e. The predicted molar refractivity (Wildman–Crippen MR) is 73.7 cm³/mol. The Labute approximate surface area is 116 Å². The van der Waals surface area contributed by atoms with Crippen LogP contribution in [0.1, 0.15) is 30.2 Å². The summed E-state index contributed by atoms with van der Waals surface area (Å²) < 4.78 is 5.50. The first-order chi connectivity index (χ1) is 9.15. The molecule has 2 rings (SSSR count). The maximum atomic E-state index is 12.1. The highest BCUT2D eigenvalue weighted by Crippen LogP contribution is 2.25. The van der Waals surface area contributed by atoms with E-state index in [-0.39, 0.29) is 12.5 Å². The van der Waals surface area contributed by atoms with Gasteiger partial charge in [0.2, 0.25) is 0 Å². The Morgan fingerprint density at radius 2 is 2.53 bits per heavy atom. The number of thiophene rings is 1. The number of ether oxygens (including phenoxy) is 1. The minimum Gasteiger partial charge on any atom is -0.384 e. The fourth-order valence-electron chi connectivity index (χ4n) is 2.03. The van der Waals surface area contributed by atoms with Gasteiger partial charge in [0.25, 0.3) is 5.91 Å². The molecule has 4 nitrogen and oxygen atoms in total. The van der Waals surface area contributed by atoms with E-state index in [1.54, 1.807) is 11.3 Å². The smallest absolute Gasteiger partial charge is 0.252 e. The number of rotatable bonds is 3. The summed E-state index contributed by atoms with van der Waals surface area (Å²) in [7, 11) is 0. The van der Waals surface area contributed by atoms with Crippen LogP contribution in [0.4, 0.5) is 0 Å². The van der Waals surface area contributed by atoms with Gasteiger partial charge >= 0.3 is 0 Å². The first kappa shape index (κ1) is 14.1. The lowest BCUT2D eigenvalue weighted by Gasteiger charge is -2.21. The average Bonchev–Trinajstić information content (AvgIpc) is 3.03. The van der Waals surface area contributed by atoms with Gasteiger partial charge in [-0.05, 0) is 31.2 Å². The minimum absolute atomic E-state index is 0.0699. The fourth-order valence-corrected chi connectivity index (χ4v) is 2.80. The highest BCUT2D eigenvalue weighted by atomic mass is 32.1. The van der Waals surface area contributed by atoms with Crippen LogP contribution in [0.15, 0.2) is 11.4 Å². The zero-order chi connectivity index (χ0) is 13.7. The van der Waals surface area contributed by atoms with Crippen LogP contribution < -0.4 is 5.32 Å². The highest BCUT2D eigenvalue weighted by molar-refractivity contribution is 7.10. The van der Waals surface area contributed by atoms with Crippen molar-refractivity contribution >= 4 is 17.2 Å². The van der Waals surface area contributed by atoms with E-state index >= 15 is 0 Å². The van der Waals surface area contributed by atoms with Crippen molar-refractivity contribution in [2.45, 2.75) is 31.9 Å². The molecule has 0 spiro atoms. The van der Waals surface area contributed by atoms with E-state index in [0.29, 0.717) is 13.2 Å². The lowest BCUT2D eigenvalue weighted by Crippen LogP contribution is -2.43. The number of amides is 1. The van der Waals surface area contributed by atoms with Crippen molar-refractivity contribution in [3.05, 3.63) is 21.9 Å². The molecule has 0 saturated carbocycles. The SMILES string of the molecule is CC1(C(=O)NCc2sccc2C#CCO)CCCO1. The van der Waals surface area contributed by atoms with Gasteiger partial charge in [0, 0.05) is 17.0 Å². The van der Waals surface area contributed by atoms with Gasteiger partial charge in [0.05, 0.1) is 6.54 Å². The number of carbonyl (C=O) groups is 1. The number of aliphatic hydroxyl groups excluding tert-OH is 1. The van der Waals surface area contributed by atoms with Crippen LogP contribution in [0.3, 0.4) is 0 Å². The molecule has 1 aromatic heterocycles. The summed E-state index contributed by atoms with van der Waals surface area (Å²) in [4.78, 5) is 13.1. The van der Waals surface area contributed by atoms with Crippen molar-refractivity contribution in [1.82, 2.24) is 5.32 Å². The van der Waals surface area contributed by atoms with E-state index in [2.05, 4.69) is 17.2 Å². The molecule has 0 bridgehead atoms. The highest BCUT2D eigenvalue weighted by Gasteiger charge is 2.37. The zero-order valence-corrected chi connectivity index (χ0v) is 11.7. The molecule has 1 aliphatic rings. The predicted octanol–water partition coefficient (Wildman–Crippen LogP) is 1.28. The lowest BCUT2D eigenvalue weighted by molar-refractivity contribution is -0.139. The zero-order valence-electron chi connectivity index (χ0n) is 10.9. The Morgan fingerprint density at radius 1 is 1.68 bits per heavy atom. The number of carbonyl (C=O) groups excluding carboxylic acids is 1. The topological polar surface area (TPSA) is 58.6 Å². The second kappa shape index (κ2) is 6.20. The molecular formula is C14H17NO3S. The summed E-state index contributed by atoms with van der Waals surface area (Å²) in [6, 6.07) is 1.89. The van der Waals surface area contributed by atoms with E-state index in [1.165, 1.54) is 0 Å². The van der Waals surface area contributed by atoms with Crippen LogP contribution in [0, 0.1) is 11.8 Å². The molecule has 0 aromatic carbocycles. The van der Waals surface area contributed by atoms with Gasteiger partial charge in [-0.3, -0.25) is 4.79 Å². The third-order valence-corrected chi connectivity index (χ3v) is 4.08. The van der Waals surface area contributed by atoms with E-state index < -0.39 is 5.60 Å². The molecular weight excluding hydrogens is 262 g/mol. The lowest BCUT2D eigenvalue weighted by atomic mass is 10.0. The molecule has 0 aliphatic carbocycles. The van der Waals surface area contributed by atoms with Crippen LogP contribution in [0.25, 0.3) is 0 Å². The maximum absolute atomic E-state index is 12.1. The molecule has 2 N–H and O–H groups in total. The van der Waals surface area contributed by atoms with E-state index in [9.17, 15) is 4.79 Å². The summed E-state index contributed by atoms with van der Waals surface area (Å²) >= 11 is 1.54. The van der Waals surface area contributed by atoms with Crippen LogP contribution in [-0.2, 0) is 16.1 Å². The van der Waals surface area contributed by atoms with Crippen LogP contribution in [-0.4, -0.2) is 29.8 Å². The Hall–Kier alpha value is -1.35. The van der Waals surface area contributed by atoms with E-state index in [0.717, 1.165) is 23.3 Å². The Balaban J connectivity index is 1.95. The molecule has 2 heterocycles. The van der Waals surface area contributed by atoms with Gasteiger partial charge in [-0.1, -0.05) is 11.8 Å². The van der Waals surface area contributed by atoms with Gasteiger partial charge in [-0.2, -0.15) is 0 Å². The summed E-state index contributed by atoms with van der Waals surface area (Å²) in [5.74, 6) is 5.42. The molecule has 19 heavy (non-hydrogen) atoms. The monoisotopic (exact) mass is 279 g/mol. The third-order valence-electron chi connectivity index (χ3n) is 3.16. The molecule has 1 atom stereocenters. The van der Waals surface area contributed by atoms with Crippen molar-refractivity contribution in [1.29, 1.82) is 0 Å². The van der Waals surface area contributed by atoms with Crippen molar-refractivity contribution in [3.63, 3.8) is 0 Å². The van der Waals surface area contributed by atoms with Crippen molar-refractivity contribution in [3.8, 4) is 11.8 Å². The summed E-state index contributed by atoms with van der Waals surface area (Å²) in [6.07, 6.45) is 1.69.